The number of fused-ring (bicyclic) bond motifs is 2. The molecule has 28 heavy (non-hydrogen) atoms. The predicted molar refractivity (Wildman–Crippen MR) is 103 cm³/mol. The number of anilines is 2. The van der Waals surface area contributed by atoms with Gasteiger partial charge in [0.25, 0.3) is 11.8 Å². The van der Waals surface area contributed by atoms with Gasteiger partial charge in [-0.15, -0.1) is 0 Å². The highest BCUT2D eigenvalue weighted by Gasteiger charge is 2.36. The third-order valence-corrected chi connectivity index (χ3v) is 5.05. The zero-order valence-corrected chi connectivity index (χ0v) is 15.4. The normalized spacial score (nSPS) is 15.3. The number of benzene rings is 2. The standard InChI is InChI=1S/C21H19N3O4/c1-13(25)23-10-4-5-14-8-9-15(11-18(14)23)22-19(26)12-24-20(27)16-6-2-3-7-17(16)21(24)28/h2-3,6-9,11H,4-5,10,12H2,1H3,(H,22,26). The molecule has 0 radical (unpaired) electrons. The van der Waals surface area contributed by atoms with Crippen LogP contribution in [0.1, 0.15) is 39.6 Å². The lowest BCUT2D eigenvalue weighted by Gasteiger charge is -2.29. The minimum atomic E-state index is -0.473. The van der Waals surface area contributed by atoms with Crippen LogP contribution in [0.4, 0.5) is 11.4 Å². The third kappa shape index (κ3) is 3.05. The van der Waals surface area contributed by atoms with Crippen LogP contribution in [-0.2, 0) is 16.0 Å². The Kier molecular flexibility index (Phi) is 4.43. The molecule has 0 aliphatic carbocycles. The van der Waals surface area contributed by atoms with Crippen molar-refractivity contribution in [3.05, 3.63) is 59.2 Å². The minimum Gasteiger partial charge on any atom is -0.324 e. The zero-order valence-electron chi connectivity index (χ0n) is 15.4. The van der Waals surface area contributed by atoms with Crippen LogP contribution in [0.5, 0.6) is 0 Å². The van der Waals surface area contributed by atoms with Crippen molar-refractivity contribution >= 4 is 35.0 Å². The molecule has 4 amide bonds. The number of nitrogens with zero attached hydrogens (tertiary/aromatic N) is 2. The molecule has 0 atom stereocenters. The number of imide groups is 1. The first-order chi connectivity index (χ1) is 13.5. The van der Waals surface area contributed by atoms with Crippen molar-refractivity contribution in [2.24, 2.45) is 0 Å². The molecule has 2 aromatic carbocycles. The van der Waals surface area contributed by atoms with Gasteiger partial charge in [-0.25, -0.2) is 0 Å². The molecular weight excluding hydrogens is 358 g/mol. The van der Waals surface area contributed by atoms with E-state index in [9.17, 15) is 19.2 Å². The van der Waals surface area contributed by atoms with E-state index in [1.807, 2.05) is 6.07 Å². The number of aryl methyl sites for hydroxylation is 1. The van der Waals surface area contributed by atoms with Gasteiger partial charge in [-0.05, 0) is 42.7 Å². The van der Waals surface area contributed by atoms with Gasteiger partial charge in [0.15, 0.2) is 0 Å². The minimum absolute atomic E-state index is 0.0459. The highest BCUT2D eigenvalue weighted by Crippen LogP contribution is 2.30. The van der Waals surface area contributed by atoms with E-state index >= 15 is 0 Å². The summed E-state index contributed by atoms with van der Waals surface area (Å²) in [4.78, 5) is 51.7. The number of nitrogens with one attached hydrogen (secondary N) is 1. The summed E-state index contributed by atoms with van der Waals surface area (Å²) in [6.45, 7) is 1.80. The van der Waals surface area contributed by atoms with Crippen molar-refractivity contribution < 1.29 is 19.2 Å². The van der Waals surface area contributed by atoms with E-state index in [1.165, 1.54) is 6.92 Å². The van der Waals surface area contributed by atoms with Crippen molar-refractivity contribution in [2.75, 3.05) is 23.3 Å². The lowest BCUT2D eigenvalue weighted by molar-refractivity contribution is -0.117. The number of amides is 4. The highest BCUT2D eigenvalue weighted by molar-refractivity contribution is 6.22. The molecule has 0 spiro atoms. The van der Waals surface area contributed by atoms with Crippen LogP contribution in [0.3, 0.4) is 0 Å². The van der Waals surface area contributed by atoms with Crippen molar-refractivity contribution in [2.45, 2.75) is 19.8 Å². The second kappa shape index (κ2) is 6.92. The van der Waals surface area contributed by atoms with Crippen LogP contribution in [-0.4, -0.2) is 41.6 Å². The average molecular weight is 377 g/mol. The van der Waals surface area contributed by atoms with E-state index in [2.05, 4.69) is 5.32 Å². The van der Waals surface area contributed by atoms with Crippen molar-refractivity contribution in [3.63, 3.8) is 0 Å². The smallest absolute Gasteiger partial charge is 0.262 e. The molecule has 2 aliphatic heterocycles. The fourth-order valence-corrected chi connectivity index (χ4v) is 3.71. The molecule has 2 aliphatic rings. The summed E-state index contributed by atoms with van der Waals surface area (Å²) in [5.74, 6) is -1.46. The summed E-state index contributed by atoms with van der Waals surface area (Å²) in [5, 5.41) is 2.72. The van der Waals surface area contributed by atoms with E-state index in [0.29, 0.717) is 23.4 Å². The van der Waals surface area contributed by atoms with E-state index in [0.717, 1.165) is 29.0 Å². The number of hydrogen-bond donors (Lipinski definition) is 1. The van der Waals surface area contributed by atoms with Crippen LogP contribution in [0.25, 0.3) is 0 Å². The lowest BCUT2D eigenvalue weighted by Crippen LogP contribution is -2.37. The third-order valence-electron chi connectivity index (χ3n) is 5.05. The highest BCUT2D eigenvalue weighted by atomic mass is 16.2. The molecule has 142 valence electrons. The van der Waals surface area contributed by atoms with Crippen LogP contribution in [0.15, 0.2) is 42.5 Å². The summed E-state index contributed by atoms with van der Waals surface area (Å²) in [7, 11) is 0. The number of carbonyl (C=O) groups excluding carboxylic acids is 4. The molecule has 0 aromatic heterocycles. The molecule has 7 nitrogen and oxygen atoms in total. The summed E-state index contributed by atoms with van der Waals surface area (Å²) in [5.41, 5.74) is 2.99. The van der Waals surface area contributed by atoms with Crippen LogP contribution >= 0.6 is 0 Å². The molecule has 0 fully saturated rings. The molecule has 2 aromatic rings. The zero-order chi connectivity index (χ0) is 19.8. The van der Waals surface area contributed by atoms with Crippen molar-refractivity contribution in [1.82, 2.24) is 4.90 Å². The Labute approximate surface area is 161 Å². The van der Waals surface area contributed by atoms with E-state index in [4.69, 9.17) is 0 Å². The topological polar surface area (TPSA) is 86.8 Å². The van der Waals surface area contributed by atoms with Gasteiger partial charge >= 0.3 is 0 Å². The Morgan fingerprint density at radius 3 is 2.36 bits per heavy atom. The summed E-state index contributed by atoms with van der Waals surface area (Å²) < 4.78 is 0. The van der Waals surface area contributed by atoms with Gasteiger partial charge in [0.2, 0.25) is 11.8 Å². The maximum atomic E-state index is 12.5. The van der Waals surface area contributed by atoms with E-state index in [1.54, 1.807) is 41.3 Å². The maximum absolute atomic E-state index is 12.5. The van der Waals surface area contributed by atoms with E-state index < -0.39 is 17.7 Å². The molecule has 0 unspecified atom stereocenters. The van der Waals surface area contributed by atoms with Crippen LogP contribution in [0.2, 0.25) is 0 Å². The Balaban J connectivity index is 1.49. The first-order valence-electron chi connectivity index (χ1n) is 9.12. The van der Waals surface area contributed by atoms with Crippen molar-refractivity contribution in [3.8, 4) is 0 Å². The number of rotatable bonds is 3. The molecule has 0 saturated heterocycles. The maximum Gasteiger partial charge on any atom is 0.262 e. The Morgan fingerprint density at radius 1 is 1.04 bits per heavy atom. The molecule has 1 N–H and O–H groups in total. The van der Waals surface area contributed by atoms with E-state index in [-0.39, 0.29) is 12.5 Å². The molecule has 2 heterocycles. The average Bonchev–Trinajstić information content (AvgIpc) is 2.92. The quantitative estimate of drug-likeness (QED) is 0.831. The Bertz CT molecular complexity index is 979. The van der Waals surface area contributed by atoms with Crippen molar-refractivity contribution in [1.29, 1.82) is 0 Å². The lowest BCUT2D eigenvalue weighted by atomic mass is 10.0. The molecule has 0 bridgehead atoms. The Morgan fingerprint density at radius 2 is 1.71 bits per heavy atom. The van der Waals surface area contributed by atoms with Gasteiger partial charge in [-0.2, -0.15) is 0 Å². The number of carbonyl (C=O) groups is 4. The van der Waals surface area contributed by atoms with Gasteiger partial charge in [0.1, 0.15) is 6.54 Å². The fourth-order valence-electron chi connectivity index (χ4n) is 3.71. The largest absolute Gasteiger partial charge is 0.324 e. The Hall–Kier alpha value is -3.48. The van der Waals surface area contributed by atoms with Gasteiger partial charge in [-0.1, -0.05) is 18.2 Å². The van der Waals surface area contributed by atoms with Crippen LogP contribution in [0, 0.1) is 0 Å². The fraction of sp³-hybridized carbons (Fsp3) is 0.238. The summed E-state index contributed by atoms with van der Waals surface area (Å²) in [6.07, 6.45) is 1.78. The van der Waals surface area contributed by atoms with Gasteiger partial charge in [0, 0.05) is 24.8 Å². The second-order valence-corrected chi connectivity index (χ2v) is 6.91. The first-order valence-corrected chi connectivity index (χ1v) is 9.12. The molecule has 7 heteroatoms. The number of hydrogen-bond acceptors (Lipinski definition) is 4. The van der Waals surface area contributed by atoms with Crippen LogP contribution < -0.4 is 10.2 Å². The first kappa shape index (κ1) is 17.9. The summed E-state index contributed by atoms with van der Waals surface area (Å²) in [6, 6.07) is 11.9. The molecule has 0 saturated carbocycles. The van der Waals surface area contributed by atoms with Gasteiger partial charge in [-0.3, -0.25) is 24.1 Å². The van der Waals surface area contributed by atoms with Gasteiger partial charge in [0.05, 0.1) is 11.1 Å². The molecular formula is C21H19N3O4. The summed E-state index contributed by atoms with van der Waals surface area (Å²) >= 11 is 0. The predicted octanol–water partition coefficient (Wildman–Crippen LogP) is 2.22. The molecule has 4 rings (SSSR count). The second-order valence-electron chi connectivity index (χ2n) is 6.91. The SMILES string of the molecule is CC(=O)N1CCCc2ccc(NC(=O)CN3C(=O)c4ccccc4C3=O)cc21. The van der Waals surface area contributed by atoms with Gasteiger partial charge < -0.3 is 10.2 Å². The monoisotopic (exact) mass is 377 g/mol.